The molecule has 0 amide bonds. The van der Waals surface area contributed by atoms with Crippen LogP contribution in [0.1, 0.15) is 4.88 Å². The summed E-state index contributed by atoms with van der Waals surface area (Å²) in [5, 5.41) is 5.76. The van der Waals surface area contributed by atoms with Gasteiger partial charge in [-0.3, -0.25) is 0 Å². The molecular formula is C18H18N4OS2. The Morgan fingerprint density at radius 1 is 1.12 bits per heavy atom. The smallest absolute Gasteiger partial charge is 0.198 e. The van der Waals surface area contributed by atoms with Crippen LogP contribution in [0.25, 0.3) is 11.3 Å². The van der Waals surface area contributed by atoms with Gasteiger partial charge in [-0.05, 0) is 29.9 Å². The van der Waals surface area contributed by atoms with Gasteiger partial charge in [-0.2, -0.15) is 5.10 Å². The number of H-pyrrole nitrogens is 1. The van der Waals surface area contributed by atoms with Gasteiger partial charge in [0.1, 0.15) is 0 Å². The van der Waals surface area contributed by atoms with Crippen LogP contribution < -0.4 is 4.90 Å². The van der Waals surface area contributed by atoms with Crippen molar-refractivity contribution >= 4 is 34.8 Å². The van der Waals surface area contributed by atoms with E-state index in [1.165, 1.54) is 5.00 Å². The van der Waals surface area contributed by atoms with E-state index in [0.29, 0.717) is 4.77 Å². The SMILES string of the molecule is S=c1[nH]c(-c2ccccc2)cn1/N=C\c1ccc(N2CCOCC2)s1. The molecule has 2 aromatic heterocycles. The number of hydrogen-bond donors (Lipinski definition) is 1. The minimum Gasteiger partial charge on any atom is -0.378 e. The van der Waals surface area contributed by atoms with Crippen LogP contribution in [0.3, 0.4) is 0 Å². The van der Waals surface area contributed by atoms with Gasteiger partial charge < -0.3 is 14.6 Å². The fourth-order valence-corrected chi connectivity index (χ4v) is 3.86. The van der Waals surface area contributed by atoms with E-state index >= 15 is 0 Å². The number of thiophene rings is 1. The quantitative estimate of drug-likeness (QED) is 0.558. The summed E-state index contributed by atoms with van der Waals surface area (Å²) >= 11 is 7.10. The molecule has 1 N–H and O–H groups in total. The Morgan fingerprint density at radius 3 is 2.72 bits per heavy atom. The zero-order valence-corrected chi connectivity index (χ0v) is 15.2. The zero-order chi connectivity index (χ0) is 17.1. The van der Waals surface area contributed by atoms with E-state index in [0.717, 1.165) is 42.4 Å². The first kappa shape index (κ1) is 16.3. The lowest BCUT2D eigenvalue weighted by Gasteiger charge is -2.27. The third-order valence-electron chi connectivity index (χ3n) is 4.03. The fourth-order valence-electron chi connectivity index (χ4n) is 2.72. The first-order valence-corrected chi connectivity index (χ1v) is 9.36. The number of anilines is 1. The van der Waals surface area contributed by atoms with Crippen molar-refractivity contribution < 1.29 is 4.74 Å². The van der Waals surface area contributed by atoms with E-state index in [4.69, 9.17) is 17.0 Å². The van der Waals surface area contributed by atoms with E-state index in [-0.39, 0.29) is 0 Å². The largest absolute Gasteiger partial charge is 0.378 e. The molecule has 0 unspecified atom stereocenters. The maximum atomic E-state index is 5.40. The van der Waals surface area contributed by atoms with Crippen LogP contribution in [-0.2, 0) is 4.74 Å². The van der Waals surface area contributed by atoms with Gasteiger partial charge in [0, 0.05) is 18.0 Å². The molecule has 0 radical (unpaired) electrons. The highest BCUT2D eigenvalue weighted by Crippen LogP contribution is 2.25. The molecule has 0 bridgehead atoms. The lowest BCUT2D eigenvalue weighted by molar-refractivity contribution is 0.123. The van der Waals surface area contributed by atoms with Crippen LogP contribution in [0.5, 0.6) is 0 Å². The van der Waals surface area contributed by atoms with Gasteiger partial charge in [0.15, 0.2) is 4.77 Å². The number of ether oxygens (including phenoxy) is 1. The van der Waals surface area contributed by atoms with E-state index < -0.39 is 0 Å². The molecule has 1 aromatic carbocycles. The second-order valence-corrected chi connectivity index (χ2v) is 7.18. The van der Waals surface area contributed by atoms with Crippen molar-refractivity contribution in [1.29, 1.82) is 0 Å². The lowest BCUT2D eigenvalue weighted by Crippen LogP contribution is -2.35. The van der Waals surface area contributed by atoms with Crippen molar-refractivity contribution in [2.24, 2.45) is 5.10 Å². The van der Waals surface area contributed by atoms with Crippen LogP contribution in [-0.4, -0.2) is 42.2 Å². The Morgan fingerprint density at radius 2 is 1.92 bits per heavy atom. The molecule has 7 heteroatoms. The van der Waals surface area contributed by atoms with Crippen LogP contribution in [0.4, 0.5) is 5.00 Å². The Hall–Kier alpha value is -2.22. The van der Waals surface area contributed by atoms with Gasteiger partial charge in [0.05, 0.1) is 36.3 Å². The summed E-state index contributed by atoms with van der Waals surface area (Å²) in [6.45, 7) is 3.48. The third-order valence-corrected chi connectivity index (χ3v) is 5.40. The third kappa shape index (κ3) is 3.73. The van der Waals surface area contributed by atoms with Crippen LogP contribution in [0.2, 0.25) is 0 Å². The van der Waals surface area contributed by atoms with Gasteiger partial charge in [0.25, 0.3) is 0 Å². The van der Waals surface area contributed by atoms with Gasteiger partial charge in [-0.1, -0.05) is 30.3 Å². The molecule has 1 saturated heterocycles. The highest BCUT2D eigenvalue weighted by Gasteiger charge is 2.12. The van der Waals surface area contributed by atoms with Crippen LogP contribution in [0, 0.1) is 4.77 Å². The van der Waals surface area contributed by atoms with Crippen LogP contribution >= 0.6 is 23.6 Å². The second-order valence-electron chi connectivity index (χ2n) is 5.70. The number of aromatic amines is 1. The van der Waals surface area contributed by atoms with Crippen molar-refractivity contribution in [2.45, 2.75) is 0 Å². The molecule has 0 atom stereocenters. The topological polar surface area (TPSA) is 45.5 Å². The predicted octanol–water partition coefficient (Wildman–Crippen LogP) is 3.99. The number of rotatable bonds is 4. The number of nitrogens with zero attached hydrogens (tertiary/aromatic N) is 3. The predicted molar refractivity (Wildman–Crippen MR) is 105 cm³/mol. The summed E-state index contributed by atoms with van der Waals surface area (Å²) in [5.74, 6) is 0. The number of benzene rings is 1. The first-order valence-electron chi connectivity index (χ1n) is 8.13. The van der Waals surface area contributed by atoms with Crippen molar-refractivity contribution in [3.8, 4) is 11.3 Å². The molecule has 1 aliphatic rings. The maximum Gasteiger partial charge on any atom is 0.198 e. The van der Waals surface area contributed by atoms with Gasteiger partial charge in [-0.25, -0.2) is 4.68 Å². The minimum atomic E-state index is 0.583. The highest BCUT2D eigenvalue weighted by molar-refractivity contribution is 7.71. The average molecular weight is 371 g/mol. The molecule has 4 rings (SSSR count). The van der Waals surface area contributed by atoms with Gasteiger partial charge in [-0.15, -0.1) is 11.3 Å². The number of aromatic nitrogens is 2. The summed E-state index contributed by atoms with van der Waals surface area (Å²) in [6, 6.07) is 14.3. The first-order chi connectivity index (χ1) is 12.3. The maximum absolute atomic E-state index is 5.40. The van der Waals surface area contributed by atoms with Crippen molar-refractivity contribution in [2.75, 3.05) is 31.2 Å². The summed E-state index contributed by atoms with van der Waals surface area (Å²) in [5.41, 5.74) is 2.05. The van der Waals surface area contributed by atoms with Gasteiger partial charge in [0.2, 0.25) is 0 Å². The summed E-state index contributed by atoms with van der Waals surface area (Å²) in [4.78, 5) is 6.65. The Labute approximate surface area is 155 Å². The van der Waals surface area contributed by atoms with Crippen molar-refractivity contribution in [1.82, 2.24) is 9.66 Å². The molecule has 0 saturated carbocycles. The molecule has 5 nitrogen and oxygen atoms in total. The molecular weight excluding hydrogens is 352 g/mol. The monoisotopic (exact) mass is 370 g/mol. The lowest BCUT2D eigenvalue weighted by atomic mass is 10.2. The zero-order valence-electron chi connectivity index (χ0n) is 13.6. The molecule has 128 valence electrons. The fraction of sp³-hybridized carbons (Fsp3) is 0.222. The number of hydrogen-bond acceptors (Lipinski definition) is 5. The molecule has 1 fully saturated rings. The van der Waals surface area contributed by atoms with E-state index in [1.807, 2.05) is 42.7 Å². The molecule has 3 heterocycles. The summed E-state index contributed by atoms with van der Waals surface area (Å²) in [7, 11) is 0. The standard InChI is InChI=1S/C18H18N4OS2/c24-18-20-16(14-4-2-1-3-5-14)13-22(18)19-12-15-6-7-17(25-15)21-8-10-23-11-9-21/h1-7,12-13H,8-11H2,(H,20,24)/b19-12-. The average Bonchev–Trinajstić information content (AvgIpc) is 3.28. The molecule has 25 heavy (non-hydrogen) atoms. The van der Waals surface area contributed by atoms with Crippen LogP contribution in [0.15, 0.2) is 53.8 Å². The molecule has 3 aromatic rings. The van der Waals surface area contributed by atoms with Gasteiger partial charge >= 0.3 is 0 Å². The number of imidazole rings is 1. The summed E-state index contributed by atoms with van der Waals surface area (Å²) in [6.07, 6.45) is 3.78. The van der Waals surface area contributed by atoms with E-state index in [2.05, 4.69) is 27.1 Å². The van der Waals surface area contributed by atoms with E-state index in [1.54, 1.807) is 16.0 Å². The normalized spacial score (nSPS) is 15.1. The molecule has 0 aliphatic carbocycles. The Bertz CT molecular complexity index is 920. The summed E-state index contributed by atoms with van der Waals surface area (Å²) < 4.78 is 7.69. The minimum absolute atomic E-state index is 0.583. The molecule has 1 aliphatic heterocycles. The van der Waals surface area contributed by atoms with Crippen molar-refractivity contribution in [3.63, 3.8) is 0 Å². The second kappa shape index (κ2) is 7.35. The molecule has 0 spiro atoms. The van der Waals surface area contributed by atoms with E-state index in [9.17, 15) is 0 Å². The highest BCUT2D eigenvalue weighted by atomic mass is 32.1. The Balaban J connectivity index is 1.51. The van der Waals surface area contributed by atoms with Crippen molar-refractivity contribution in [3.05, 3.63) is 58.3 Å². The Kier molecular flexibility index (Phi) is 4.78. The number of nitrogens with one attached hydrogen (secondary N) is 1. The number of morpholine rings is 1.